The van der Waals surface area contributed by atoms with Gasteiger partial charge in [-0.15, -0.1) is 0 Å². The summed E-state index contributed by atoms with van der Waals surface area (Å²) in [5, 5.41) is 3.52. The Labute approximate surface area is 145 Å². The number of allylic oxidation sites excluding steroid dienone is 2. The monoisotopic (exact) mass is 326 g/mol. The van der Waals surface area contributed by atoms with Crippen molar-refractivity contribution in [2.24, 2.45) is 35.3 Å². The van der Waals surface area contributed by atoms with Gasteiger partial charge in [0.2, 0.25) is 0 Å². The van der Waals surface area contributed by atoms with Gasteiger partial charge in [-0.2, -0.15) is 0 Å². The van der Waals surface area contributed by atoms with Gasteiger partial charge in [0, 0.05) is 24.1 Å². The molecule has 2 aliphatic heterocycles. The van der Waals surface area contributed by atoms with Crippen molar-refractivity contribution < 1.29 is 4.74 Å². The molecule has 5 aliphatic carbocycles. The number of ether oxygens (including phenoxy) is 1. The van der Waals surface area contributed by atoms with Crippen molar-refractivity contribution in [2.45, 2.75) is 50.6 Å². The zero-order valence-electron chi connectivity index (χ0n) is 14.5. The molecule has 0 spiro atoms. The number of hydrogen-bond donors (Lipinski definition) is 2. The molecular formula is C21H30N2O. The molecular weight excluding hydrogens is 296 g/mol. The van der Waals surface area contributed by atoms with E-state index in [1.165, 1.54) is 43.4 Å². The third-order valence-electron chi connectivity index (χ3n) is 7.29. The van der Waals surface area contributed by atoms with E-state index in [0.29, 0.717) is 18.0 Å². The van der Waals surface area contributed by atoms with Crippen molar-refractivity contribution in [3.05, 3.63) is 35.6 Å². The van der Waals surface area contributed by atoms with Crippen LogP contribution in [0.25, 0.3) is 0 Å². The van der Waals surface area contributed by atoms with Gasteiger partial charge in [-0.1, -0.05) is 24.3 Å². The second kappa shape index (κ2) is 6.03. The molecule has 4 bridgehead atoms. The van der Waals surface area contributed by atoms with Crippen molar-refractivity contribution in [2.75, 3.05) is 13.2 Å². The van der Waals surface area contributed by atoms with E-state index in [9.17, 15) is 0 Å². The van der Waals surface area contributed by atoms with Crippen molar-refractivity contribution in [3.8, 4) is 0 Å². The van der Waals surface area contributed by atoms with Crippen molar-refractivity contribution >= 4 is 0 Å². The number of fused-ring (bicyclic) bond motifs is 2. The molecule has 7 rings (SSSR count). The molecule has 2 unspecified atom stereocenters. The number of nitrogens with one attached hydrogen (secondary N) is 1. The van der Waals surface area contributed by atoms with Crippen molar-refractivity contribution in [3.63, 3.8) is 0 Å². The zero-order chi connectivity index (χ0) is 16.1. The van der Waals surface area contributed by atoms with Crippen LogP contribution < -0.4 is 11.1 Å². The highest BCUT2D eigenvalue weighted by Gasteiger charge is 2.46. The summed E-state index contributed by atoms with van der Waals surface area (Å²) in [6.45, 7) is 1.97. The first-order chi connectivity index (χ1) is 11.8. The number of nitrogens with two attached hydrogens (primary N) is 1. The van der Waals surface area contributed by atoms with Crippen molar-refractivity contribution in [1.82, 2.24) is 5.32 Å². The fourth-order valence-electron chi connectivity index (χ4n) is 6.27. The third kappa shape index (κ3) is 2.57. The Kier molecular flexibility index (Phi) is 3.82. The van der Waals surface area contributed by atoms with Crippen LogP contribution in [-0.2, 0) is 4.74 Å². The van der Waals surface area contributed by atoms with Gasteiger partial charge in [-0.05, 0) is 62.2 Å². The molecule has 3 heteroatoms. The van der Waals surface area contributed by atoms with Gasteiger partial charge in [0.15, 0.2) is 0 Å². The average molecular weight is 326 g/mol. The summed E-state index contributed by atoms with van der Waals surface area (Å²) in [5.74, 6) is 5.87. The molecule has 130 valence electrons. The third-order valence-corrected chi connectivity index (χ3v) is 7.29. The van der Waals surface area contributed by atoms with Crippen LogP contribution in [-0.4, -0.2) is 25.2 Å². The molecule has 0 aromatic heterocycles. The minimum atomic E-state index is 0.398. The van der Waals surface area contributed by atoms with Gasteiger partial charge in [0.1, 0.15) is 5.76 Å². The molecule has 3 N–H and O–H groups in total. The van der Waals surface area contributed by atoms with Gasteiger partial charge in [-0.25, -0.2) is 0 Å². The highest BCUT2D eigenvalue weighted by Crippen LogP contribution is 2.52. The fourth-order valence-corrected chi connectivity index (χ4v) is 6.27. The largest absolute Gasteiger partial charge is 0.497 e. The van der Waals surface area contributed by atoms with Crippen LogP contribution in [0.1, 0.15) is 38.5 Å². The summed E-state index contributed by atoms with van der Waals surface area (Å²) in [4.78, 5) is 0. The van der Waals surface area contributed by atoms with Gasteiger partial charge in [-0.3, -0.25) is 0 Å². The Morgan fingerprint density at radius 3 is 2.50 bits per heavy atom. The lowest BCUT2D eigenvalue weighted by atomic mass is 9.54. The summed E-state index contributed by atoms with van der Waals surface area (Å²) in [6, 6.07) is 0.983. The smallest absolute Gasteiger partial charge is 0.105 e. The summed E-state index contributed by atoms with van der Waals surface area (Å²) in [6.07, 6.45) is 17.1. The molecule has 7 aliphatic rings. The second-order valence-electron chi connectivity index (χ2n) is 8.79. The molecule has 5 fully saturated rings. The molecule has 0 amide bonds. The number of rotatable bonds is 0. The molecule has 0 radical (unpaired) electrons. The van der Waals surface area contributed by atoms with Crippen molar-refractivity contribution in [1.29, 1.82) is 0 Å². The number of hydrogen-bond acceptors (Lipinski definition) is 3. The summed E-state index contributed by atoms with van der Waals surface area (Å²) >= 11 is 0. The van der Waals surface area contributed by atoms with E-state index >= 15 is 0 Å². The molecule has 4 saturated carbocycles. The maximum atomic E-state index is 6.17. The first kappa shape index (κ1) is 15.2. The minimum absolute atomic E-state index is 0.398. The van der Waals surface area contributed by atoms with Gasteiger partial charge < -0.3 is 15.8 Å². The zero-order valence-corrected chi connectivity index (χ0v) is 14.5. The van der Waals surface area contributed by atoms with Crippen LogP contribution in [0.4, 0.5) is 0 Å². The average Bonchev–Trinajstić information content (AvgIpc) is 3.09. The standard InChI is InChI=1S/C11H13NO.C10H17N/c1-2-4-10-9(3-1)11-8(7-12-10)5-6-13-11;11-10-8-2-6-1-7(4-8)5-9(10)3-6/h1-4,8,10,12H,5-7H2;6-10H,1-5,11H2. The van der Waals surface area contributed by atoms with Crippen LogP contribution in [0, 0.1) is 29.6 Å². The maximum Gasteiger partial charge on any atom is 0.105 e. The molecule has 24 heavy (non-hydrogen) atoms. The molecule has 0 aromatic carbocycles. The Morgan fingerprint density at radius 2 is 1.75 bits per heavy atom. The predicted octanol–water partition coefficient (Wildman–Crippen LogP) is 3.14. The van der Waals surface area contributed by atoms with Crippen LogP contribution >= 0.6 is 0 Å². The van der Waals surface area contributed by atoms with E-state index in [1.807, 2.05) is 0 Å². The molecule has 2 atom stereocenters. The van der Waals surface area contributed by atoms with Crippen LogP contribution in [0.3, 0.4) is 0 Å². The van der Waals surface area contributed by atoms with Crippen LogP contribution in [0.2, 0.25) is 0 Å². The van der Waals surface area contributed by atoms with E-state index in [2.05, 4.69) is 29.6 Å². The Hall–Kier alpha value is -1.06. The van der Waals surface area contributed by atoms with E-state index in [1.54, 1.807) is 6.42 Å². The quantitative estimate of drug-likeness (QED) is 0.719. The highest BCUT2D eigenvalue weighted by atomic mass is 16.5. The van der Waals surface area contributed by atoms with Crippen LogP contribution in [0.15, 0.2) is 35.6 Å². The summed E-state index contributed by atoms with van der Waals surface area (Å²) in [7, 11) is 0. The van der Waals surface area contributed by atoms with Gasteiger partial charge in [0.05, 0.1) is 12.6 Å². The van der Waals surface area contributed by atoms with Gasteiger partial charge >= 0.3 is 0 Å². The molecule has 3 nitrogen and oxygen atoms in total. The maximum absolute atomic E-state index is 6.17. The first-order valence-corrected chi connectivity index (χ1v) is 9.98. The van der Waals surface area contributed by atoms with Crippen LogP contribution in [0.5, 0.6) is 0 Å². The topological polar surface area (TPSA) is 47.3 Å². The summed E-state index contributed by atoms with van der Waals surface area (Å²) in [5.41, 5.74) is 7.51. The molecule has 0 aromatic rings. The first-order valence-electron chi connectivity index (χ1n) is 9.98. The summed E-state index contributed by atoms with van der Waals surface area (Å²) < 4.78 is 5.68. The fraction of sp³-hybridized carbons (Fsp3) is 0.714. The molecule has 1 saturated heterocycles. The predicted molar refractivity (Wildman–Crippen MR) is 96.2 cm³/mol. The minimum Gasteiger partial charge on any atom is -0.497 e. The highest BCUT2D eigenvalue weighted by molar-refractivity contribution is 5.41. The lowest BCUT2D eigenvalue weighted by Crippen LogP contribution is -2.52. The van der Waals surface area contributed by atoms with E-state index in [-0.39, 0.29) is 0 Å². The van der Waals surface area contributed by atoms with E-state index in [0.717, 1.165) is 36.8 Å². The Bertz CT molecular complexity index is 563. The van der Waals surface area contributed by atoms with E-state index in [4.69, 9.17) is 10.5 Å². The van der Waals surface area contributed by atoms with E-state index < -0.39 is 0 Å². The lowest BCUT2D eigenvalue weighted by Gasteiger charge is -2.53. The van der Waals surface area contributed by atoms with Gasteiger partial charge in [0.25, 0.3) is 0 Å². The lowest BCUT2D eigenvalue weighted by molar-refractivity contribution is 0.000349. The Balaban J connectivity index is 0.000000110. The normalized spacial score (nSPS) is 47.0. The Morgan fingerprint density at radius 1 is 1.00 bits per heavy atom. The SMILES string of the molecule is C1=CC2=C3OCCC3CNC2C=C1.NC1C2CC3CC(C2)CC1C3. The molecule has 2 heterocycles. The second-order valence-corrected chi connectivity index (χ2v) is 8.79.